The Balaban J connectivity index is 1.72. The minimum atomic E-state index is -1.42. The Morgan fingerprint density at radius 1 is 1.00 bits per heavy atom. The van der Waals surface area contributed by atoms with E-state index in [1.165, 1.54) is 30.3 Å². The Labute approximate surface area is 192 Å². The number of anilines is 1. The summed E-state index contributed by atoms with van der Waals surface area (Å²) in [6, 6.07) is 13.5. The third kappa shape index (κ3) is 4.31. The minimum Gasteiger partial charge on any atom is -0.324 e. The fraction of sp³-hybridized carbons (Fsp3) is 0.0833. The highest BCUT2D eigenvalue weighted by Gasteiger charge is 2.42. The summed E-state index contributed by atoms with van der Waals surface area (Å²) in [6.07, 6.45) is -0.329. The predicted molar refractivity (Wildman–Crippen MR) is 116 cm³/mol. The molecule has 1 N–H and O–H groups in total. The SMILES string of the molecule is N#Cc1cc(NC(=O)[C@H](Cc2cc(F)cc(F)c2)N2C(=O)c3ccccc3C2=O)ccc1Cl. The topological polar surface area (TPSA) is 90.3 Å². The van der Waals surface area contributed by atoms with Crippen LogP contribution in [-0.4, -0.2) is 28.7 Å². The van der Waals surface area contributed by atoms with Gasteiger partial charge in [-0.25, -0.2) is 8.78 Å². The van der Waals surface area contributed by atoms with Gasteiger partial charge in [-0.05, 0) is 48.0 Å². The summed E-state index contributed by atoms with van der Waals surface area (Å²) in [7, 11) is 0. The van der Waals surface area contributed by atoms with Gasteiger partial charge in [0, 0.05) is 18.2 Å². The van der Waals surface area contributed by atoms with Crippen LogP contribution < -0.4 is 5.32 Å². The molecule has 0 radical (unpaired) electrons. The van der Waals surface area contributed by atoms with Crippen molar-refractivity contribution >= 4 is 35.0 Å². The minimum absolute atomic E-state index is 0.0815. The highest BCUT2D eigenvalue weighted by Crippen LogP contribution is 2.27. The second-order valence-electron chi connectivity index (χ2n) is 7.32. The van der Waals surface area contributed by atoms with Gasteiger partial charge in [-0.15, -0.1) is 0 Å². The van der Waals surface area contributed by atoms with Crippen molar-refractivity contribution in [2.24, 2.45) is 0 Å². The molecular weight excluding hydrogens is 452 g/mol. The van der Waals surface area contributed by atoms with Gasteiger partial charge in [0.25, 0.3) is 11.8 Å². The largest absolute Gasteiger partial charge is 0.324 e. The maximum absolute atomic E-state index is 13.8. The fourth-order valence-electron chi connectivity index (χ4n) is 3.66. The van der Waals surface area contributed by atoms with Gasteiger partial charge in [-0.3, -0.25) is 19.3 Å². The molecule has 6 nitrogen and oxygen atoms in total. The van der Waals surface area contributed by atoms with Gasteiger partial charge in [0.2, 0.25) is 5.91 Å². The number of nitrogens with one attached hydrogen (secondary N) is 1. The van der Waals surface area contributed by atoms with Crippen LogP contribution in [0.15, 0.2) is 60.7 Å². The van der Waals surface area contributed by atoms with Gasteiger partial charge in [-0.1, -0.05) is 23.7 Å². The van der Waals surface area contributed by atoms with Crippen LogP contribution in [0.25, 0.3) is 0 Å². The number of amides is 3. The third-order valence-corrected chi connectivity index (χ3v) is 5.48. The molecule has 0 saturated carbocycles. The molecule has 33 heavy (non-hydrogen) atoms. The Morgan fingerprint density at radius 2 is 1.61 bits per heavy atom. The van der Waals surface area contributed by atoms with E-state index >= 15 is 0 Å². The van der Waals surface area contributed by atoms with Gasteiger partial charge in [0.05, 0.1) is 21.7 Å². The van der Waals surface area contributed by atoms with Crippen LogP contribution in [-0.2, 0) is 11.2 Å². The molecule has 4 rings (SSSR count). The highest BCUT2D eigenvalue weighted by molar-refractivity contribution is 6.31. The molecule has 0 unspecified atom stereocenters. The van der Waals surface area contributed by atoms with Crippen molar-refractivity contribution in [1.82, 2.24) is 4.90 Å². The first-order chi connectivity index (χ1) is 15.8. The number of carbonyl (C=O) groups is 3. The Hall–Kier alpha value is -4.09. The number of halogens is 3. The summed E-state index contributed by atoms with van der Waals surface area (Å²) in [4.78, 5) is 40.0. The highest BCUT2D eigenvalue weighted by atomic mass is 35.5. The van der Waals surface area contributed by atoms with Crippen molar-refractivity contribution in [2.45, 2.75) is 12.5 Å². The Bertz CT molecular complexity index is 1300. The van der Waals surface area contributed by atoms with Crippen LogP contribution >= 0.6 is 11.6 Å². The number of rotatable bonds is 5. The maximum Gasteiger partial charge on any atom is 0.262 e. The predicted octanol–water partition coefficient (Wildman–Crippen LogP) is 4.34. The zero-order chi connectivity index (χ0) is 23.7. The summed E-state index contributed by atoms with van der Waals surface area (Å²) in [5, 5.41) is 11.9. The number of nitriles is 1. The van der Waals surface area contributed by atoms with Crippen LogP contribution in [0.2, 0.25) is 5.02 Å². The molecule has 3 aromatic rings. The first kappa shape index (κ1) is 22.1. The van der Waals surface area contributed by atoms with E-state index in [4.69, 9.17) is 16.9 Å². The van der Waals surface area contributed by atoms with Crippen LogP contribution in [0.1, 0.15) is 31.8 Å². The summed E-state index contributed by atoms with van der Waals surface area (Å²) in [5.41, 5.74) is 0.651. The molecule has 1 atom stereocenters. The molecular formula is C24H14ClF2N3O3. The number of fused-ring (bicyclic) bond motifs is 1. The van der Waals surface area contributed by atoms with Crippen LogP contribution in [0.4, 0.5) is 14.5 Å². The number of hydrogen-bond donors (Lipinski definition) is 1. The lowest BCUT2D eigenvalue weighted by Gasteiger charge is -2.25. The van der Waals surface area contributed by atoms with E-state index in [9.17, 15) is 23.2 Å². The molecule has 164 valence electrons. The van der Waals surface area contributed by atoms with Gasteiger partial charge in [0.1, 0.15) is 23.7 Å². The van der Waals surface area contributed by atoms with Gasteiger partial charge in [-0.2, -0.15) is 5.26 Å². The average Bonchev–Trinajstić information content (AvgIpc) is 3.03. The van der Waals surface area contributed by atoms with Crippen LogP contribution in [0.5, 0.6) is 0 Å². The Morgan fingerprint density at radius 3 is 2.18 bits per heavy atom. The molecule has 0 spiro atoms. The van der Waals surface area contributed by atoms with E-state index in [2.05, 4.69) is 5.32 Å². The number of nitrogens with zero attached hydrogens (tertiary/aromatic N) is 2. The van der Waals surface area contributed by atoms with Crippen molar-refractivity contribution < 1.29 is 23.2 Å². The summed E-state index contributed by atoms with van der Waals surface area (Å²) in [6.45, 7) is 0. The molecule has 0 aromatic heterocycles. The van der Waals surface area contributed by atoms with Crippen molar-refractivity contribution in [1.29, 1.82) is 5.26 Å². The summed E-state index contributed by atoms with van der Waals surface area (Å²) < 4.78 is 27.5. The number of benzene rings is 3. The molecule has 1 aliphatic rings. The quantitative estimate of drug-likeness (QED) is 0.568. The number of hydrogen-bond acceptors (Lipinski definition) is 4. The molecule has 0 saturated heterocycles. The second kappa shape index (κ2) is 8.81. The van der Waals surface area contributed by atoms with E-state index in [0.717, 1.165) is 17.0 Å². The van der Waals surface area contributed by atoms with E-state index < -0.39 is 35.4 Å². The third-order valence-electron chi connectivity index (χ3n) is 5.15. The lowest BCUT2D eigenvalue weighted by atomic mass is 10.0. The molecule has 0 bridgehead atoms. The standard InChI is InChI=1S/C24H14ClF2N3O3/c25-20-6-5-17(10-14(20)12-28)29-22(31)21(9-13-7-15(26)11-16(27)8-13)30-23(32)18-3-1-2-4-19(18)24(30)33/h1-8,10-11,21H,9H2,(H,29,31)/t21-/m0/s1. The van der Waals surface area contributed by atoms with Crippen molar-refractivity contribution in [2.75, 3.05) is 5.32 Å². The van der Waals surface area contributed by atoms with Gasteiger partial charge >= 0.3 is 0 Å². The van der Waals surface area contributed by atoms with Crippen molar-refractivity contribution in [3.63, 3.8) is 0 Å². The first-order valence-electron chi connectivity index (χ1n) is 9.71. The number of imide groups is 1. The van der Waals surface area contributed by atoms with Gasteiger partial charge < -0.3 is 5.32 Å². The lowest BCUT2D eigenvalue weighted by Crippen LogP contribution is -2.48. The molecule has 3 amide bonds. The van der Waals surface area contributed by atoms with Gasteiger partial charge in [0.15, 0.2) is 0 Å². The summed E-state index contributed by atoms with van der Waals surface area (Å²) in [5.74, 6) is -3.88. The molecule has 9 heteroatoms. The maximum atomic E-state index is 13.8. The van der Waals surface area contributed by atoms with E-state index in [1.807, 2.05) is 6.07 Å². The number of carbonyl (C=O) groups excluding carboxylic acids is 3. The van der Waals surface area contributed by atoms with Crippen molar-refractivity contribution in [3.05, 3.63) is 99.6 Å². The monoisotopic (exact) mass is 465 g/mol. The zero-order valence-electron chi connectivity index (χ0n) is 16.8. The smallest absolute Gasteiger partial charge is 0.262 e. The van der Waals surface area contributed by atoms with E-state index in [0.29, 0.717) is 6.07 Å². The normalized spacial score (nSPS) is 13.5. The molecule has 0 fully saturated rings. The molecule has 1 aliphatic heterocycles. The first-order valence-corrected chi connectivity index (χ1v) is 10.1. The van der Waals surface area contributed by atoms with E-state index in [-0.39, 0.29) is 39.4 Å². The van der Waals surface area contributed by atoms with Crippen LogP contribution in [0.3, 0.4) is 0 Å². The Kier molecular flexibility index (Phi) is 5.90. The molecule has 3 aromatic carbocycles. The average molecular weight is 466 g/mol. The second-order valence-corrected chi connectivity index (χ2v) is 7.73. The zero-order valence-corrected chi connectivity index (χ0v) is 17.6. The van der Waals surface area contributed by atoms with E-state index in [1.54, 1.807) is 12.1 Å². The lowest BCUT2D eigenvalue weighted by molar-refractivity contribution is -0.119. The molecule has 1 heterocycles. The fourth-order valence-corrected chi connectivity index (χ4v) is 3.82. The van der Waals surface area contributed by atoms with Crippen LogP contribution in [0, 0.1) is 23.0 Å². The van der Waals surface area contributed by atoms with Crippen molar-refractivity contribution in [3.8, 4) is 6.07 Å². The molecule has 0 aliphatic carbocycles. The summed E-state index contributed by atoms with van der Waals surface area (Å²) >= 11 is 5.92.